The highest BCUT2D eigenvalue weighted by molar-refractivity contribution is 6.09. The summed E-state index contributed by atoms with van der Waals surface area (Å²) in [5, 5.41) is 0. The second kappa shape index (κ2) is 9.45. The molecular formula is C26H35N7O2. The van der Waals surface area contributed by atoms with Gasteiger partial charge in [-0.25, -0.2) is 14.8 Å². The van der Waals surface area contributed by atoms with Gasteiger partial charge in [0.15, 0.2) is 11.5 Å². The first-order valence-corrected chi connectivity index (χ1v) is 12.6. The van der Waals surface area contributed by atoms with Crippen LogP contribution in [0.2, 0.25) is 0 Å². The third-order valence-corrected chi connectivity index (χ3v) is 7.67. The Morgan fingerprint density at radius 2 is 1.74 bits per heavy atom. The van der Waals surface area contributed by atoms with Crippen molar-refractivity contribution < 1.29 is 9.53 Å². The summed E-state index contributed by atoms with van der Waals surface area (Å²) in [7, 11) is 0. The number of ether oxygens (including phenoxy) is 1. The molecule has 1 aliphatic carbocycles. The monoisotopic (exact) mass is 477 g/mol. The molecule has 0 bridgehead atoms. The molecule has 3 aliphatic rings. The van der Waals surface area contributed by atoms with Crippen LogP contribution in [0.15, 0.2) is 35.6 Å². The summed E-state index contributed by atoms with van der Waals surface area (Å²) in [4.78, 5) is 28.6. The van der Waals surface area contributed by atoms with Gasteiger partial charge in [-0.15, -0.1) is 0 Å². The van der Waals surface area contributed by atoms with Crippen LogP contribution in [0.4, 0.5) is 16.3 Å². The van der Waals surface area contributed by atoms with E-state index in [9.17, 15) is 4.79 Å². The SMILES string of the molecule is CC1(C)Oc2ncnc(N)c2N=C1c1ccc(C2CCC(CN3CCN(C(N)=O)CC3)CC2)cc1. The highest BCUT2D eigenvalue weighted by Crippen LogP contribution is 2.40. The number of nitrogens with two attached hydrogens (primary N) is 2. The summed E-state index contributed by atoms with van der Waals surface area (Å²) >= 11 is 0. The molecular weight excluding hydrogens is 442 g/mol. The van der Waals surface area contributed by atoms with E-state index < -0.39 is 5.60 Å². The van der Waals surface area contributed by atoms with Gasteiger partial charge in [-0.05, 0) is 56.9 Å². The van der Waals surface area contributed by atoms with E-state index in [0.29, 0.717) is 23.3 Å². The van der Waals surface area contributed by atoms with E-state index in [1.165, 1.54) is 37.6 Å². The quantitative estimate of drug-likeness (QED) is 0.696. The summed E-state index contributed by atoms with van der Waals surface area (Å²) in [5.41, 5.74) is 14.6. The first kappa shape index (κ1) is 23.5. The van der Waals surface area contributed by atoms with Crippen molar-refractivity contribution in [1.82, 2.24) is 19.8 Å². The number of carbonyl (C=O) groups excluding carboxylic acids is 1. The summed E-state index contributed by atoms with van der Waals surface area (Å²) in [6.07, 6.45) is 6.31. The molecule has 2 aromatic rings. The number of fused-ring (bicyclic) bond motifs is 1. The Morgan fingerprint density at radius 3 is 2.40 bits per heavy atom. The summed E-state index contributed by atoms with van der Waals surface area (Å²) in [6.45, 7) is 8.46. The average molecular weight is 478 g/mol. The van der Waals surface area contributed by atoms with Crippen LogP contribution in [0.5, 0.6) is 5.88 Å². The molecule has 2 amide bonds. The lowest BCUT2D eigenvalue weighted by atomic mass is 9.78. The fourth-order valence-corrected chi connectivity index (χ4v) is 5.61. The van der Waals surface area contributed by atoms with Gasteiger partial charge in [0.05, 0.1) is 5.71 Å². The van der Waals surface area contributed by atoms with Gasteiger partial charge >= 0.3 is 6.03 Å². The zero-order chi connectivity index (χ0) is 24.6. The number of amides is 2. The molecule has 186 valence electrons. The zero-order valence-corrected chi connectivity index (χ0v) is 20.6. The molecule has 1 saturated carbocycles. The minimum atomic E-state index is -0.615. The number of nitrogen functional groups attached to an aromatic ring is 1. The average Bonchev–Trinajstić information content (AvgIpc) is 2.84. The second-order valence-corrected chi connectivity index (χ2v) is 10.5. The van der Waals surface area contributed by atoms with Gasteiger partial charge in [-0.2, -0.15) is 4.98 Å². The van der Waals surface area contributed by atoms with Crippen molar-refractivity contribution in [3.8, 4) is 5.88 Å². The smallest absolute Gasteiger partial charge is 0.314 e. The molecule has 4 N–H and O–H groups in total. The van der Waals surface area contributed by atoms with Gasteiger partial charge in [0.1, 0.15) is 11.9 Å². The van der Waals surface area contributed by atoms with Gasteiger partial charge in [0, 0.05) is 38.3 Å². The van der Waals surface area contributed by atoms with E-state index in [1.807, 2.05) is 13.8 Å². The molecule has 2 aliphatic heterocycles. The van der Waals surface area contributed by atoms with Crippen molar-refractivity contribution in [1.29, 1.82) is 0 Å². The summed E-state index contributed by atoms with van der Waals surface area (Å²) in [5.74, 6) is 2.07. The standard InChI is InChI=1S/C26H35N7O2/c1-26(2)22(31-21-23(27)29-16-30-24(21)35-26)20-9-7-19(8-10-20)18-5-3-17(4-6-18)15-32-11-13-33(14-12-32)25(28)34/h7-10,16-18H,3-6,11-15H2,1-2H3,(H2,28,34)(H2,27,29,30). The molecule has 1 aromatic carbocycles. The van der Waals surface area contributed by atoms with Gasteiger partial charge < -0.3 is 21.1 Å². The second-order valence-electron chi connectivity index (χ2n) is 10.5. The molecule has 0 radical (unpaired) electrons. The highest BCUT2D eigenvalue weighted by Gasteiger charge is 2.35. The number of nitrogens with zero attached hydrogens (tertiary/aromatic N) is 5. The van der Waals surface area contributed by atoms with Crippen LogP contribution in [0.25, 0.3) is 0 Å². The summed E-state index contributed by atoms with van der Waals surface area (Å²) < 4.78 is 6.11. The fraction of sp³-hybridized carbons (Fsp3) is 0.538. The Kier molecular flexibility index (Phi) is 6.35. The molecule has 1 aromatic heterocycles. The zero-order valence-electron chi connectivity index (χ0n) is 20.6. The van der Waals surface area contributed by atoms with Crippen LogP contribution >= 0.6 is 0 Å². The van der Waals surface area contributed by atoms with Crippen molar-refractivity contribution in [2.45, 2.75) is 51.0 Å². The number of primary amides is 1. The molecule has 2 fully saturated rings. The van der Waals surface area contributed by atoms with E-state index in [0.717, 1.165) is 49.9 Å². The number of aliphatic imine (C=N–C) groups is 1. The van der Waals surface area contributed by atoms with Crippen molar-refractivity contribution in [2.75, 3.05) is 38.5 Å². The van der Waals surface area contributed by atoms with E-state index in [2.05, 4.69) is 39.1 Å². The van der Waals surface area contributed by atoms with Crippen LogP contribution in [0.3, 0.4) is 0 Å². The Balaban J connectivity index is 1.20. The number of aromatic nitrogens is 2. The number of piperazine rings is 1. The number of hydrogen-bond acceptors (Lipinski definition) is 7. The normalized spacial score (nSPS) is 24.3. The molecule has 9 heteroatoms. The molecule has 9 nitrogen and oxygen atoms in total. The lowest BCUT2D eigenvalue weighted by molar-refractivity contribution is 0.121. The maximum atomic E-state index is 11.3. The van der Waals surface area contributed by atoms with Crippen LogP contribution in [0.1, 0.15) is 56.6 Å². The van der Waals surface area contributed by atoms with Gasteiger partial charge in [0.25, 0.3) is 0 Å². The number of hydrogen-bond donors (Lipinski definition) is 2. The van der Waals surface area contributed by atoms with Gasteiger partial charge in [0.2, 0.25) is 5.88 Å². The number of carbonyl (C=O) groups is 1. The first-order valence-electron chi connectivity index (χ1n) is 12.6. The third kappa shape index (κ3) is 4.96. The van der Waals surface area contributed by atoms with Gasteiger partial charge in [-0.3, -0.25) is 4.90 Å². The molecule has 3 heterocycles. The maximum Gasteiger partial charge on any atom is 0.314 e. The third-order valence-electron chi connectivity index (χ3n) is 7.67. The topological polar surface area (TPSA) is 123 Å². The number of anilines is 1. The Bertz CT molecular complexity index is 1100. The van der Waals surface area contributed by atoms with E-state index >= 15 is 0 Å². The minimum Gasteiger partial charge on any atom is -0.463 e. The number of benzene rings is 1. The van der Waals surface area contributed by atoms with Crippen LogP contribution in [-0.2, 0) is 0 Å². The van der Waals surface area contributed by atoms with Crippen LogP contribution in [-0.4, -0.2) is 69.8 Å². The van der Waals surface area contributed by atoms with Gasteiger partial charge in [-0.1, -0.05) is 24.3 Å². The van der Waals surface area contributed by atoms with Crippen molar-refractivity contribution in [3.05, 3.63) is 41.7 Å². The summed E-state index contributed by atoms with van der Waals surface area (Å²) in [6, 6.07) is 8.47. The van der Waals surface area contributed by atoms with E-state index in [4.69, 9.17) is 21.2 Å². The van der Waals surface area contributed by atoms with E-state index in [1.54, 1.807) is 4.90 Å². The molecule has 1 saturated heterocycles. The van der Waals surface area contributed by atoms with Crippen molar-refractivity contribution in [3.63, 3.8) is 0 Å². The van der Waals surface area contributed by atoms with Crippen molar-refractivity contribution >= 4 is 23.2 Å². The lowest BCUT2D eigenvalue weighted by Gasteiger charge is -2.37. The maximum absolute atomic E-state index is 11.3. The minimum absolute atomic E-state index is 0.300. The molecule has 0 unspecified atom stereocenters. The molecule has 0 atom stereocenters. The van der Waals surface area contributed by atoms with Crippen LogP contribution in [0, 0.1) is 5.92 Å². The molecule has 5 rings (SSSR count). The van der Waals surface area contributed by atoms with E-state index in [-0.39, 0.29) is 6.03 Å². The predicted molar refractivity (Wildman–Crippen MR) is 136 cm³/mol. The number of urea groups is 1. The first-order chi connectivity index (χ1) is 16.8. The highest BCUT2D eigenvalue weighted by atomic mass is 16.5. The Hall–Kier alpha value is -3.20. The largest absolute Gasteiger partial charge is 0.463 e. The lowest BCUT2D eigenvalue weighted by Crippen LogP contribution is -2.51. The Labute approximate surface area is 206 Å². The Morgan fingerprint density at radius 1 is 1.06 bits per heavy atom. The molecule has 35 heavy (non-hydrogen) atoms. The number of rotatable bonds is 4. The molecule has 0 spiro atoms. The van der Waals surface area contributed by atoms with Crippen molar-refractivity contribution in [2.24, 2.45) is 16.6 Å². The van der Waals surface area contributed by atoms with Crippen LogP contribution < -0.4 is 16.2 Å². The predicted octanol–water partition coefficient (Wildman–Crippen LogP) is 3.32. The fourth-order valence-electron chi connectivity index (χ4n) is 5.61.